The molecule has 0 saturated carbocycles. The highest BCUT2D eigenvalue weighted by atomic mass is 79.9. The Morgan fingerprint density at radius 3 is 2.88 bits per heavy atom. The molecule has 2 aromatic carbocycles. The Hall–Kier alpha value is -1.63. The lowest BCUT2D eigenvalue weighted by Crippen LogP contribution is -2.20. The summed E-state index contributed by atoms with van der Waals surface area (Å²) in [5.74, 6) is 0.811. The molecule has 1 heterocycles. The van der Waals surface area contributed by atoms with Gasteiger partial charge in [0.15, 0.2) is 11.7 Å². The third-order valence-electron chi connectivity index (χ3n) is 4.09. The van der Waals surface area contributed by atoms with Gasteiger partial charge in [0.2, 0.25) is 0 Å². The van der Waals surface area contributed by atoms with Crippen molar-refractivity contribution in [2.75, 3.05) is 11.9 Å². The smallest absolute Gasteiger partial charge is 0.264 e. The number of benzene rings is 2. The van der Waals surface area contributed by atoms with Crippen LogP contribution in [0.5, 0.6) is 5.75 Å². The van der Waals surface area contributed by atoms with Crippen molar-refractivity contribution in [2.24, 2.45) is 0 Å². The Labute approximate surface area is 169 Å². The summed E-state index contributed by atoms with van der Waals surface area (Å²) in [6.45, 7) is 4.28. The third kappa shape index (κ3) is 4.55. The van der Waals surface area contributed by atoms with E-state index in [1.165, 1.54) is 16.9 Å². The summed E-state index contributed by atoms with van der Waals surface area (Å²) in [7, 11) is 0. The summed E-state index contributed by atoms with van der Waals surface area (Å²) in [5.41, 5.74) is 2.18. The largest absolute Gasteiger partial charge is 0.483 e. The van der Waals surface area contributed by atoms with Crippen molar-refractivity contribution >= 4 is 60.1 Å². The van der Waals surface area contributed by atoms with E-state index in [9.17, 15) is 4.79 Å². The lowest BCUT2D eigenvalue weighted by atomic mass is 9.99. The molecule has 0 spiro atoms. The molecule has 0 aliphatic rings. The standard InChI is InChI=1S/C19H18BrClN2O2S/c1-3-11(2)12-4-6-15-17(8-12)26-19(22-15)23-18(24)10-25-16-7-5-13(21)9-14(16)20/h4-9,11H,3,10H2,1-2H3,(H,22,23,24). The molecule has 0 radical (unpaired) electrons. The lowest BCUT2D eigenvalue weighted by Gasteiger charge is -2.07. The fourth-order valence-corrected chi connectivity index (χ4v) is 4.16. The van der Waals surface area contributed by atoms with Crippen LogP contribution in [0.15, 0.2) is 40.9 Å². The number of carbonyl (C=O) groups is 1. The highest BCUT2D eigenvalue weighted by molar-refractivity contribution is 9.10. The van der Waals surface area contributed by atoms with Crippen LogP contribution < -0.4 is 10.1 Å². The van der Waals surface area contributed by atoms with Crippen LogP contribution in [0, 0.1) is 0 Å². The van der Waals surface area contributed by atoms with Crippen LogP contribution in [0.1, 0.15) is 31.7 Å². The first-order valence-corrected chi connectivity index (χ1v) is 10.2. The molecule has 0 bridgehead atoms. The van der Waals surface area contributed by atoms with E-state index in [1.807, 2.05) is 6.07 Å². The Balaban J connectivity index is 1.65. The van der Waals surface area contributed by atoms with Gasteiger partial charge in [-0.15, -0.1) is 0 Å². The fraction of sp³-hybridized carbons (Fsp3) is 0.263. The number of fused-ring (bicyclic) bond motifs is 1. The molecule has 1 amide bonds. The van der Waals surface area contributed by atoms with Crippen molar-refractivity contribution in [1.29, 1.82) is 0 Å². The Kier molecular flexibility index (Phi) is 6.16. The zero-order chi connectivity index (χ0) is 18.7. The van der Waals surface area contributed by atoms with Crippen LogP contribution in [0.3, 0.4) is 0 Å². The maximum atomic E-state index is 12.2. The number of aromatic nitrogens is 1. The van der Waals surface area contributed by atoms with Gasteiger partial charge in [-0.1, -0.05) is 42.9 Å². The Morgan fingerprint density at radius 1 is 1.35 bits per heavy atom. The minimum absolute atomic E-state index is 0.103. The van der Waals surface area contributed by atoms with E-state index in [-0.39, 0.29) is 12.5 Å². The van der Waals surface area contributed by atoms with Gasteiger partial charge in [-0.05, 0) is 64.2 Å². The Morgan fingerprint density at radius 2 is 2.15 bits per heavy atom. The molecule has 7 heteroatoms. The number of nitrogens with zero attached hydrogens (tertiary/aromatic N) is 1. The number of nitrogens with one attached hydrogen (secondary N) is 1. The number of halogens is 2. The predicted molar refractivity (Wildman–Crippen MR) is 112 cm³/mol. The van der Waals surface area contributed by atoms with E-state index in [0.29, 0.717) is 26.3 Å². The molecule has 0 aliphatic carbocycles. The SMILES string of the molecule is CCC(C)c1ccc2nc(NC(=O)COc3ccc(Cl)cc3Br)sc2c1. The van der Waals surface area contributed by atoms with Gasteiger partial charge >= 0.3 is 0 Å². The number of hydrogen-bond acceptors (Lipinski definition) is 4. The highest BCUT2D eigenvalue weighted by Gasteiger charge is 2.11. The Bertz CT molecular complexity index is 944. The van der Waals surface area contributed by atoms with Crippen LogP contribution in [0.2, 0.25) is 5.02 Å². The summed E-state index contributed by atoms with van der Waals surface area (Å²) in [5, 5.41) is 3.97. The summed E-state index contributed by atoms with van der Waals surface area (Å²) in [6.07, 6.45) is 1.09. The lowest BCUT2D eigenvalue weighted by molar-refractivity contribution is -0.118. The van der Waals surface area contributed by atoms with Crippen molar-refractivity contribution in [3.05, 3.63) is 51.5 Å². The monoisotopic (exact) mass is 452 g/mol. The van der Waals surface area contributed by atoms with Crippen LogP contribution in [0.4, 0.5) is 5.13 Å². The summed E-state index contributed by atoms with van der Waals surface area (Å²) < 4.78 is 7.30. The minimum atomic E-state index is -0.256. The molecule has 3 aromatic rings. The molecular formula is C19H18BrClN2O2S. The van der Waals surface area contributed by atoms with E-state index >= 15 is 0 Å². The molecule has 26 heavy (non-hydrogen) atoms. The quantitative estimate of drug-likeness (QED) is 0.480. The van der Waals surface area contributed by atoms with Gasteiger partial charge < -0.3 is 4.74 Å². The molecule has 4 nitrogen and oxygen atoms in total. The predicted octanol–water partition coefficient (Wildman–Crippen LogP) is 6.24. The van der Waals surface area contributed by atoms with Crippen molar-refractivity contribution in [1.82, 2.24) is 4.98 Å². The number of amides is 1. The molecule has 0 fully saturated rings. The second kappa shape index (κ2) is 8.37. The summed E-state index contributed by atoms with van der Waals surface area (Å²) in [4.78, 5) is 16.6. The molecule has 0 saturated heterocycles. The van der Waals surface area contributed by atoms with Gasteiger partial charge in [0.05, 0.1) is 14.7 Å². The second-order valence-corrected chi connectivity index (χ2v) is 8.29. The van der Waals surface area contributed by atoms with E-state index in [1.54, 1.807) is 18.2 Å². The molecular weight excluding hydrogens is 436 g/mol. The molecule has 3 rings (SSSR count). The van der Waals surface area contributed by atoms with Gasteiger partial charge in [-0.2, -0.15) is 0 Å². The topological polar surface area (TPSA) is 51.2 Å². The van der Waals surface area contributed by atoms with Gasteiger partial charge in [-0.3, -0.25) is 10.1 Å². The summed E-state index contributed by atoms with van der Waals surface area (Å²) in [6, 6.07) is 11.4. The highest BCUT2D eigenvalue weighted by Crippen LogP contribution is 2.30. The first kappa shape index (κ1) is 19.1. The number of thiazole rings is 1. The van der Waals surface area contributed by atoms with E-state index in [2.05, 4.69) is 52.2 Å². The number of hydrogen-bond donors (Lipinski definition) is 1. The van der Waals surface area contributed by atoms with E-state index in [0.717, 1.165) is 16.6 Å². The average Bonchev–Trinajstić information content (AvgIpc) is 3.01. The molecule has 1 unspecified atom stereocenters. The van der Waals surface area contributed by atoms with Crippen LogP contribution in [-0.2, 0) is 4.79 Å². The average molecular weight is 454 g/mol. The fourth-order valence-electron chi connectivity index (χ4n) is 2.43. The molecule has 136 valence electrons. The minimum Gasteiger partial charge on any atom is -0.483 e. The number of rotatable bonds is 6. The number of anilines is 1. The first-order chi connectivity index (χ1) is 12.5. The van der Waals surface area contributed by atoms with Crippen molar-refractivity contribution < 1.29 is 9.53 Å². The maximum absolute atomic E-state index is 12.2. The zero-order valence-corrected chi connectivity index (χ0v) is 17.5. The van der Waals surface area contributed by atoms with Crippen LogP contribution >= 0.6 is 38.9 Å². The van der Waals surface area contributed by atoms with E-state index in [4.69, 9.17) is 16.3 Å². The van der Waals surface area contributed by atoms with E-state index < -0.39 is 0 Å². The third-order valence-corrected chi connectivity index (χ3v) is 5.88. The van der Waals surface area contributed by atoms with Gasteiger partial charge in [0.1, 0.15) is 5.75 Å². The zero-order valence-electron chi connectivity index (χ0n) is 14.4. The van der Waals surface area contributed by atoms with Crippen molar-refractivity contribution in [2.45, 2.75) is 26.2 Å². The van der Waals surface area contributed by atoms with Crippen LogP contribution in [0.25, 0.3) is 10.2 Å². The maximum Gasteiger partial charge on any atom is 0.264 e. The summed E-state index contributed by atoms with van der Waals surface area (Å²) >= 11 is 10.7. The van der Waals surface area contributed by atoms with Crippen LogP contribution in [-0.4, -0.2) is 17.5 Å². The molecule has 1 aromatic heterocycles. The number of ether oxygens (including phenoxy) is 1. The number of carbonyl (C=O) groups excluding carboxylic acids is 1. The van der Waals surface area contributed by atoms with Gasteiger partial charge in [0.25, 0.3) is 5.91 Å². The van der Waals surface area contributed by atoms with Gasteiger partial charge in [0, 0.05) is 5.02 Å². The molecule has 1 N–H and O–H groups in total. The van der Waals surface area contributed by atoms with Crippen molar-refractivity contribution in [3.63, 3.8) is 0 Å². The first-order valence-electron chi connectivity index (χ1n) is 8.24. The molecule has 0 aliphatic heterocycles. The second-order valence-electron chi connectivity index (χ2n) is 5.97. The molecule has 1 atom stereocenters. The normalized spacial score (nSPS) is 12.2. The van der Waals surface area contributed by atoms with Gasteiger partial charge in [-0.25, -0.2) is 4.98 Å². The van der Waals surface area contributed by atoms with Crippen molar-refractivity contribution in [3.8, 4) is 5.75 Å².